The van der Waals surface area contributed by atoms with E-state index in [1.807, 2.05) is 37.3 Å². The average Bonchev–Trinajstić information content (AvgIpc) is 3.11. The molecule has 2 aromatic carbocycles. The van der Waals surface area contributed by atoms with Crippen molar-refractivity contribution in [3.63, 3.8) is 0 Å². The Hall–Kier alpha value is -3.06. The molecule has 0 bridgehead atoms. The van der Waals surface area contributed by atoms with Crippen LogP contribution in [0, 0.1) is 0 Å². The highest BCUT2D eigenvalue weighted by atomic mass is 16.5. The van der Waals surface area contributed by atoms with Crippen LogP contribution < -0.4 is 14.8 Å². The third-order valence-electron chi connectivity index (χ3n) is 4.90. The molecule has 0 fully saturated rings. The maximum atomic E-state index is 12.2. The van der Waals surface area contributed by atoms with E-state index < -0.39 is 0 Å². The quantitative estimate of drug-likeness (QED) is 0.484. The molecular formula is C24H32N4O3. The predicted octanol–water partition coefficient (Wildman–Crippen LogP) is 3.12. The van der Waals surface area contributed by atoms with Crippen LogP contribution in [0.25, 0.3) is 11.0 Å². The highest BCUT2D eigenvalue weighted by Gasteiger charge is 2.11. The van der Waals surface area contributed by atoms with Crippen molar-refractivity contribution in [1.29, 1.82) is 0 Å². The number of hydrogen-bond acceptors (Lipinski definition) is 5. The Morgan fingerprint density at radius 3 is 2.48 bits per heavy atom. The molecule has 3 aromatic rings. The zero-order chi connectivity index (χ0) is 22.1. The molecule has 0 aliphatic rings. The first kappa shape index (κ1) is 22.6. The number of benzene rings is 2. The zero-order valence-electron chi connectivity index (χ0n) is 18.6. The van der Waals surface area contributed by atoms with E-state index in [0.29, 0.717) is 25.3 Å². The number of aryl methyl sites for hydroxylation is 1. The van der Waals surface area contributed by atoms with E-state index in [-0.39, 0.29) is 12.5 Å². The molecule has 166 valence electrons. The summed E-state index contributed by atoms with van der Waals surface area (Å²) in [6.07, 6.45) is 1.72. The van der Waals surface area contributed by atoms with Gasteiger partial charge in [-0.3, -0.25) is 4.79 Å². The van der Waals surface area contributed by atoms with Crippen LogP contribution in [0.1, 0.15) is 19.2 Å². The molecule has 1 heterocycles. The summed E-state index contributed by atoms with van der Waals surface area (Å²) in [5.41, 5.74) is 2.13. The Morgan fingerprint density at radius 1 is 1.06 bits per heavy atom. The van der Waals surface area contributed by atoms with E-state index in [9.17, 15) is 4.79 Å². The molecule has 0 unspecified atom stereocenters. The van der Waals surface area contributed by atoms with Gasteiger partial charge in [0.05, 0.1) is 17.6 Å². The lowest BCUT2D eigenvalue weighted by atomic mass is 10.3. The second kappa shape index (κ2) is 11.4. The van der Waals surface area contributed by atoms with Crippen LogP contribution in [0.15, 0.2) is 48.5 Å². The van der Waals surface area contributed by atoms with E-state index in [1.54, 1.807) is 12.1 Å². The van der Waals surface area contributed by atoms with Gasteiger partial charge in [-0.25, -0.2) is 4.98 Å². The lowest BCUT2D eigenvalue weighted by Gasteiger charge is -2.13. The molecule has 0 atom stereocenters. The Labute approximate surface area is 184 Å². The summed E-state index contributed by atoms with van der Waals surface area (Å²) >= 11 is 0. The summed E-state index contributed by atoms with van der Waals surface area (Å²) in [5, 5.41) is 2.93. The number of carbonyl (C=O) groups excluding carboxylic acids is 1. The fraction of sp³-hybridized carbons (Fsp3) is 0.417. The molecule has 0 aliphatic heterocycles. The van der Waals surface area contributed by atoms with E-state index in [1.165, 1.54) is 0 Å². The molecule has 7 heteroatoms. The van der Waals surface area contributed by atoms with Crippen LogP contribution in [0.3, 0.4) is 0 Å². The van der Waals surface area contributed by atoms with Crippen molar-refractivity contribution in [3.05, 3.63) is 54.4 Å². The number of amides is 1. The van der Waals surface area contributed by atoms with Gasteiger partial charge in [-0.1, -0.05) is 12.1 Å². The lowest BCUT2D eigenvalue weighted by Crippen LogP contribution is -2.31. The molecule has 0 radical (unpaired) electrons. The first-order chi connectivity index (χ1) is 15.1. The van der Waals surface area contributed by atoms with Crippen LogP contribution in [0.2, 0.25) is 0 Å². The van der Waals surface area contributed by atoms with Gasteiger partial charge in [-0.15, -0.1) is 0 Å². The highest BCUT2D eigenvalue weighted by Crippen LogP contribution is 2.18. The molecule has 1 amide bonds. The summed E-state index contributed by atoms with van der Waals surface area (Å²) < 4.78 is 13.2. The Balaban J connectivity index is 1.50. The topological polar surface area (TPSA) is 68.6 Å². The van der Waals surface area contributed by atoms with Crippen LogP contribution in [-0.2, 0) is 17.8 Å². The first-order valence-corrected chi connectivity index (χ1v) is 10.8. The number of imidazole rings is 1. The largest absolute Gasteiger partial charge is 0.494 e. The summed E-state index contributed by atoms with van der Waals surface area (Å²) in [7, 11) is 4.16. The van der Waals surface area contributed by atoms with E-state index in [0.717, 1.165) is 42.1 Å². The van der Waals surface area contributed by atoms with Gasteiger partial charge in [-0.05, 0) is 70.4 Å². The highest BCUT2D eigenvalue weighted by molar-refractivity contribution is 5.77. The number of fused-ring (bicyclic) bond motifs is 1. The smallest absolute Gasteiger partial charge is 0.257 e. The maximum absolute atomic E-state index is 12.2. The van der Waals surface area contributed by atoms with Crippen molar-refractivity contribution in [2.24, 2.45) is 0 Å². The van der Waals surface area contributed by atoms with Gasteiger partial charge in [0.25, 0.3) is 5.91 Å². The van der Waals surface area contributed by atoms with Crippen molar-refractivity contribution < 1.29 is 14.3 Å². The number of nitrogens with zero attached hydrogens (tertiary/aromatic N) is 3. The van der Waals surface area contributed by atoms with Crippen LogP contribution in [-0.4, -0.2) is 60.8 Å². The Bertz CT molecular complexity index is 967. The summed E-state index contributed by atoms with van der Waals surface area (Å²) in [6, 6.07) is 15.4. The Morgan fingerprint density at radius 2 is 1.77 bits per heavy atom. The number of hydrogen-bond donors (Lipinski definition) is 1. The van der Waals surface area contributed by atoms with Crippen molar-refractivity contribution >= 4 is 16.9 Å². The molecule has 7 nitrogen and oxygen atoms in total. The molecule has 1 N–H and O–H groups in total. The van der Waals surface area contributed by atoms with Gasteiger partial charge in [0.15, 0.2) is 6.61 Å². The predicted molar refractivity (Wildman–Crippen MR) is 123 cm³/mol. The van der Waals surface area contributed by atoms with E-state index in [2.05, 4.69) is 34.9 Å². The molecule has 3 rings (SSSR count). The standard InChI is InChI=1S/C24H32N4O3/c1-4-30-19-10-12-20(13-11-19)31-18-24(29)25-15-14-23-26-21-8-5-6-9-22(21)28(23)17-7-16-27(2)3/h5-6,8-13H,4,7,14-18H2,1-3H3,(H,25,29). The van der Waals surface area contributed by atoms with E-state index >= 15 is 0 Å². The molecule has 31 heavy (non-hydrogen) atoms. The SMILES string of the molecule is CCOc1ccc(OCC(=O)NCCc2nc3ccccc3n2CCCN(C)C)cc1. The second-order valence-corrected chi connectivity index (χ2v) is 7.62. The fourth-order valence-electron chi connectivity index (χ4n) is 3.42. The van der Waals surface area contributed by atoms with Gasteiger partial charge in [0, 0.05) is 19.5 Å². The monoisotopic (exact) mass is 424 g/mol. The van der Waals surface area contributed by atoms with Crippen molar-refractivity contribution in [2.45, 2.75) is 26.3 Å². The lowest BCUT2D eigenvalue weighted by molar-refractivity contribution is -0.123. The summed E-state index contributed by atoms with van der Waals surface area (Å²) in [6.45, 7) is 4.98. The van der Waals surface area contributed by atoms with Crippen LogP contribution in [0.5, 0.6) is 11.5 Å². The molecule has 0 spiro atoms. The first-order valence-electron chi connectivity index (χ1n) is 10.8. The summed E-state index contributed by atoms with van der Waals surface area (Å²) in [5.74, 6) is 2.27. The Kier molecular flexibility index (Phi) is 8.29. The average molecular weight is 425 g/mol. The minimum Gasteiger partial charge on any atom is -0.494 e. The summed E-state index contributed by atoms with van der Waals surface area (Å²) in [4.78, 5) is 19.1. The number of aromatic nitrogens is 2. The van der Waals surface area contributed by atoms with Crippen molar-refractivity contribution in [3.8, 4) is 11.5 Å². The third kappa shape index (κ3) is 6.72. The van der Waals surface area contributed by atoms with Gasteiger partial charge in [-0.2, -0.15) is 0 Å². The normalized spacial score (nSPS) is 11.1. The molecule has 0 aliphatic carbocycles. The number of nitrogens with one attached hydrogen (secondary N) is 1. The molecule has 0 saturated heterocycles. The van der Waals surface area contributed by atoms with Gasteiger partial charge in [0.1, 0.15) is 17.3 Å². The van der Waals surface area contributed by atoms with Crippen molar-refractivity contribution in [1.82, 2.24) is 19.8 Å². The zero-order valence-corrected chi connectivity index (χ0v) is 18.6. The maximum Gasteiger partial charge on any atom is 0.257 e. The number of para-hydroxylation sites is 2. The minimum absolute atomic E-state index is 0.0206. The molecule has 0 saturated carbocycles. The van der Waals surface area contributed by atoms with Crippen molar-refractivity contribution in [2.75, 3.05) is 40.4 Å². The number of rotatable bonds is 12. The third-order valence-corrected chi connectivity index (χ3v) is 4.90. The molecule has 1 aromatic heterocycles. The number of carbonyl (C=O) groups is 1. The fourth-order valence-corrected chi connectivity index (χ4v) is 3.42. The van der Waals surface area contributed by atoms with Crippen LogP contribution >= 0.6 is 0 Å². The van der Waals surface area contributed by atoms with Gasteiger partial charge in [0.2, 0.25) is 0 Å². The van der Waals surface area contributed by atoms with Crippen LogP contribution in [0.4, 0.5) is 0 Å². The van der Waals surface area contributed by atoms with E-state index in [4.69, 9.17) is 14.5 Å². The van der Waals surface area contributed by atoms with Gasteiger partial charge >= 0.3 is 0 Å². The second-order valence-electron chi connectivity index (χ2n) is 7.62. The van der Waals surface area contributed by atoms with Gasteiger partial charge < -0.3 is 24.3 Å². The minimum atomic E-state index is -0.149. The number of ether oxygens (including phenoxy) is 2. The molecular weight excluding hydrogens is 392 g/mol.